The number of aromatic nitrogens is 3. The monoisotopic (exact) mass is 555 g/mol. The molecule has 4 rings (SSSR count). The zero-order chi connectivity index (χ0) is 29.4. The van der Waals surface area contributed by atoms with E-state index in [1.54, 1.807) is 25.1 Å². The molecule has 1 atom stereocenters. The highest BCUT2D eigenvalue weighted by Crippen LogP contribution is 2.43. The van der Waals surface area contributed by atoms with Crippen LogP contribution in [0.4, 0.5) is 24.8 Å². The highest BCUT2D eigenvalue weighted by Gasteiger charge is 2.41. The molecule has 0 saturated heterocycles. The third-order valence-electron chi connectivity index (χ3n) is 7.39. The van der Waals surface area contributed by atoms with E-state index in [9.17, 15) is 28.0 Å². The van der Waals surface area contributed by atoms with Crippen LogP contribution in [0.15, 0.2) is 58.5 Å². The van der Waals surface area contributed by atoms with Crippen molar-refractivity contribution in [2.75, 3.05) is 39.2 Å². The van der Waals surface area contributed by atoms with Gasteiger partial charge in [0.1, 0.15) is 6.04 Å². The molecular weight excluding hydrogens is 525 g/mol. The van der Waals surface area contributed by atoms with Crippen LogP contribution in [-0.2, 0) is 22.1 Å². The summed E-state index contributed by atoms with van der Waals surface area (Å²) in [5, 5.41) is 16.1. The third kappa shape index (κ3) is 5.24. The van der Waals surface area contributed by atoms with Gasteiger partial charge in [0.2, 0.25) is 5.95 Å². The Balaban J connectivity index is 1.98. The maximum atomic E-state index is 13.6. The van der Waals surface area contributed by atoms with E-state index in [4.69, 9.17) is 4.74 Å². The Labute approximate surface area is 229 Å². The number of fused-ring (bicyclic) bond motifs is 1. The molecule has 0 bridgehead atoms. The first-order valence-corrected chi connectivity index (χ1v) is 12.6. The Hall–Kier alpha value is -4.37. The van der Waals surface area contributed by atoms with Crippen molar-refractivity contribution in [2.24, 2.45) is 0 Å². The molecule has 1 aromatic heterocycles. The predicted molar refractivity (Wildman–Crippen MR) is 142 cm³/mol. The summed E-state index contributed by atoms with van der Waals surface area (Å²) < 4.78 is 47.7. The summed E-state index contributed by atoms with van der Waals surface area (Å²) in [6.07, 6.45) is -4.07. The molecule has 0 radical (unpaired) electrons. The van der Waals surface area contributed by atoms with Gasteiger partial charge in [-0.3, -0.25) is 4.90 Å². The predicted octanol–water partition coefficient (Wildman–Crippen LogP) is 4.29. The molecule has 1 aliphatic heterocycles. The molecule has 40 heavy (non-hydrogen) atoms. The van der Waals surface area contributed by atoms with Crippen LogP contribution >= 0.6 is 0 Å². The average Bonchev–Trinajstić information content (AvgIpc) is 3.30. The van der Waals surface area contributed by atoms with Gasteiger partial charge in [0.25, 0.3) is 0 Å². The van der Waals surface area contributed by atoms with E-state index < -0.39 is 29.4 Å². The first kappa shape index (κ1) is 28.6. The number of H-pyrrole nitrogens is 1. The number of carbonyl (C=O) groups is 1. The second-order valence-electron chi connectivity index (χ2n) is 10.2. The Morgan fingerprint density at radius 2 is 1.95 bits per heavy atom. The fourth-order valence-corrected chi connectivity index (χ4v) is 4.82. The number of likely N-dealkylation sites (N-methyl/N-ethyl adjacent to an activating group) is 1. The van der Waals surface area contributed by atoms with Gasteiger partial charge in [-0.2, -0.15) is 18.4 Å². The van der Waals surface area contributed by atoms with Crippen molar-refractivity contribution in [3.63, 3.8) is 0 Å². The number of nitriles is 1. The van der Waals surface area contributed by atoms with Crippen molar-refractivity contribution in [2.45, 2.75) is 32.5 Å². The van der Waals surface area contributed by atoms with E-state index in [2.05, 4.69) is 37.3 Å². The first-order valence-electron chi connectivity index (χ1n) is 12.6. The second-order valence-corrected chi connectivity index (χ2v) is 10.2. The number of benzene rings is 2. The van der Waals surface area contributed by atoms with Crippen LogP contribution in [0, 0.1) is 11.3 Å². The topological polar surface area (TPSA) is 104 Å². The number of esters is 1. The molecule has 0 saturated carbocycles. The van der Waals surface area contributed by atoms with Crippen molar-refractivity contribution in [1.82, 2.24) is 14.8 Å². The fraction of sp³-hybridized carbons (Fsp3) is 0.357. The molecule has 2 heterocycles. The molecule has 1 unspecified atom stereocenters. The molecule has 1 N–H and O–H groups in total. The number of carbonyl (C=O) groups excluding carboxylic acids is 1. The molecule has 0 fully saturated rings. The van der Waals surface area contributed by atoms with Crippen LogP contribution in [0.5, 0.6) is 0 Å². The number of aromatic amines is 1. The van der Waals surface area contributed by atoms with Crippen molar-refractivity contribution >= 4 is 17.6 Å². The number of halogens is 3. The number of ether oxygens (including phenoxy) is 1. The SMILES string of the molecule is CC[N+](C)(C)CCc1cc(C#N)ccc1C1C(C(=O)OC)=C(C)N(c2cccc(C(F)(F)F)c2)c2n[nH]c(=O)n21. The van der Waals surface area contributed by atoms with E-state index in [0.29, 0.717) is 28.6 Å². The van der Waals surface area contributed by atoms with Gasteiger partial charge in [0.05, 0.1) is 57.1 Å². The zero-order valence-corrected chi connectivity index (χ0v) is 22.8. The van der Waals surface area contributed by atoms with Gasteiger partial charge in [-0.05, 0) is 55.3 Å². The lowest BCUT2D eigenvalue weighted by atomic mass is 9.89. The van der Waals surface area contributed by atoms with Gasteiger partial charge in [-0.1, -0.05) is 12.1 Å². The number of allylic oxidation sites excluding steroid dienone is 1. The van der Waals surface area contributed by atoms with Crippen LogP contribution in [0.1, 0.15) is 42.1 Å². The Morgan fingerprint density at radius 3 is 2.58 bits per heavy atom. The lowest BCUT2D eigenvalue weighted by Gasteiger charge is -2.36. The van der Waals surface area contributed by atoms with Crippen LogP contribution in [0.2, 0.25) is 0 Å². The van der Waals surface area contributed by atoms with E-state index in [0.717, 1.165) is 24.2 Å². The van der Waals surface area contributed by atoms with E-state index in [1.807, 2.05) is 0 Å². The van der Waals surface area contributed by atoms with Gasteiger partial charge < -0.3 is 9.22 Å². The van der Waals surface area contributed by atoms with Gasteiger partial charge in [0.15, 0.2) is 0 Å². The van der Waals surface area contributed by atoms with Crippen LogP contribution in [0.3, 0.4) is 0 Å². The summed E-state index contributed by atoms with van der Waals surface area (Å²) in [5.41, 5.74) is 0.582. The van der Waals surface area contributed by atoms with E-state index in [-0.39, 0.29) is 22.9 Å². The minimum atomic E-state index is -4.61. The number of hydrogen-bond acceptors (Lipinski definition) is 6. The first-order chi connectivity index (χ1) is 18.8. The summed E-state index contributed by atoms with van der Waals surface area (Å²) in [5.74, 6) is -0.738. The molecular formula is C28H30F3N6O3+. The molecule has 210 valence electrons. The number of rotatable bonds is 7. The molecule has 9 nitrogen and oxygen atoms in total. The van der Waals surface area contributed by atoms with Gasteiger partial charge in [-0.15, -0.1) is 5.10 Å². The number of anilines is 2. The molecule has 0 aliphatic carbocycles. The average molecular weight is 556 g/mol. The Kier molecular flexibility index (Phi) is 7.63. The standard InChI is InChI=1S/C28H29F3N6O3/c1-6-37(3,4)13-12-19-14-18(16-32)10-11-22(19)24-23(25(38)40-5)17(2)35(26-33-34-27(39)36(24)26)21-9-7-8-20(15-21)28(29,30)31/h7-11,14-15,24H,6,12-13H2,1-5H3/p+1. The number of alkyl halides is 3. The highest BCUT2D eigenvalue weighted by molar-refractivity contribution is 5.93. The lowest BCUT2D eigenvalue weighted by Crippen LogP contribution is -2.41. The van der Waals surface area contributed by atoms with Crippen molar-refractivity contribution in [3.8, 4) is 6.07 Å². The van der Waals surface area contributed by atoms with Crippen molar-refractivity contribution in [1.29, 1.82) is 5.26 Å². The van der Waals surface area contributed by atoms with Crippen molar-refractivity contribution in [3.05, 3.63) is 86.5 Å². The maximum Gasteiger partial charge on any atom is 0.416 e. The van der Waals surface area contributed by atoms with Crippen molar-refractivity contribution < 1.29 is 27.2 Å². The largest absolute Gasteiger partial charge is 0.466 e. The molecule has 0 spiro atoms. The molecule has 3 aromatic rings. The summed E-state index contributed by atoms with van der Waals surface area (Å²) in [6.45, 7) is 5.21. The number of nitrogens with zero attached hydrogens (tertiary/aromatic N) is 5. The quantitative estimate of drug-likeness (QED) is 0.345. The minimum absolute atomic E-state index is 0.0134. The summed E-state index contributed by atoms with van der Waals surface area (Å²) >= 11 is 0. The summed E-state index contributed by atoms with van der Waals surface area (Å²) in [6, 6.07) is 10.7. The minimum Gasteiger partial charge on any atom is -0.466 e. The molecule has 1 aliphatic rings. The lowest BCUT2D eigenvalue weighted by molar-refractivity contribution is -0.888. The number of quaternary nitrogens is 1. The third-order valence-corrected chi connectivity index (χ3v) is 7.39. The normalized spacial score (nSPS) is 15.6. The zero-order valence-electron chi connectivity index (χ0n) is 22.8. The summed E-state index contributed by atoms with van der Waals surface area (Å²) in [7, 11) is 5.34. The van der Waals surface area contributed by atoms with Gasteiger partial charge in [-0.25, -0.2) is 19.3 Å². The second kappa shape index (κ2) is 10.7. The van der Waals surface area contributed by atoms with Gasteiger partial charge >= 0.3 is 17.8 Å². The molecule has 2 aromatic carbocycles. The van der Waals surface area contributed by atoms with Gasteiger partial charge in [0, 0.05) is 17.8 Å². The molecule has 0 amide bonds. The number of hydrogen-bond donors (Lipinski definition) is 1. The summed E-state index contributed by atoms with van der Waals surface area (Å²) in [4.78, 5) is 27.9. The van der Waals surface area contributed by atoms with E-state index in [1.165, 1.54) is 28.7 Å². The maximum absolute atomic E-state index is 13.6. The highest BCUT2D eigenvalue weighted by atomic mass is 19.4. The smallest absolute Gasteiger partial charge is 0.416 e. The fourth-order valence-electron chi connectivity index (χ4n) is 4.82. The Bertz CT molecular complexity index is 1580. The van der Waals surface area contributed by atoms with Crippen LogP contribution in [0.25, 0.3) is 0 Å². The number of nitrogens with one attached hydrogen (secondary N) is 1. The Morgan fingerprint density at radius 1 is 1.23 bits per heavy atom. The molecule has 12 heteroatoms. The van der Waals surface area contributed by atoms with Crippen LogP contribution in [-0.4, -0.2) is 59.5 Å². The van der Waals surface area contributed by atoms with E-state index >= 15 is 0 Å². The number of methoxy groups -OCH3 is 1. The van der Waals surface area contributed by atoms with Crippen LogP contribution < -0.4 is 10.6 Å².